The third-order valence-electron chi connectivity index (χ3n) is 8.88. The molecule has 45 heavy (non-hydrogen) atoms. The van der Waals surface area contributed by atoms with Crippen molar-refractivity contribution in [2.45, 2.75) is 6.61 Å². The average Bonchev–Trinajstić information content (AvgIpc) is 3.64. The first-order valence-electron chi connectivity index (χ1n) is 15.2. The van der Waals surface area contributed by atoms with Crippen molar-refractivity contribution in [1.82, 2.24) is 4.57 Å². The number of ether oxygens (including phenoxy) is 1. The van der Waals surface area contributed by atoms with Crippen LogP contribution in [0.3, 0.4) is 0 Å². The van der Waals surface area contributed by atoms with Gasteiger partial charge in [-0.05, 0) is 58.3 Å². The van der Waals surface area contributed by atoms with E-state index in [1.807, 2.05) is 18.2 Å². The van der Waals surface area contributed by atoms with Gasteiger partial charge in [-0.2, -0.15) is 0 Å². The van der Waals surface area contributed by atoms with Crippen LogP contribution in [0, 0.1) is 0 Å². The lowest BCUT2D eigenvalue weighted by atomic mass is 10.0. The zero-order valence-electron chi connectivity index (χ0n) is 24.4. The Labute approximate surface area is 264 Å². The first-order valence-corrected chi connectivity index (χ1v) is 16.0. The Hall–Kier alpha value is -5.58. The number of fused-ring (bicyclic) bond motifs is 8. The Morgan fingerprint density at radius 3 is 2.13 bits per heavy atom. The first kappa shape index (κ1) is 25.9. The van der Waals surface area contributed by atoms with Gasteiger partial charge < -0.3 is 15.0 Å². The molecule has 4 heteroatoms. The predicted octanol–water partition coefficient (Wildman–Crippen LogP) is 11.1. The van der Waals surface area contributed by atoms with E-state index < -0.39 is 0 Å². The fourth-order valence-electron chi connectivity index (χ4n) is 6.79. The lowest BCUT2D eigenvalue weighted by Gasteiger charge is -2.15. The highest BCUT2D eigenvalue weighted by molar-refractivity contribution is 7.26. The lowest BCUT2D eigenvalue weighted by molar-refractivity contribution is 0.312. The molecule has 9 aromatic rings. The molecule has 2 heterocycles. The van der Waals surface area contributed by atoms with Crippen LogP contribution in [-0.2, 0) is 6.61 Å². The van der Waals surface area contributed by atoms with E-state index in [2.05, 4.69) is 132 Å². The molecule has 0 aliphatic heterocycles. The summed E-state index contributed by atoms with van der Waals surface area (Å²) in [6, 6.07) is 51.5. The molecule has 2 aromatic heterocycles. The van der Waals surface area contributed by atoms with Crippen molar-refractivity contribution in [2.24, 2.45) is 0 Å². The summed E-state index contributed by atoms with van der Waals surface area (Å²) < 4.78 is 11.4. The molecular weight excluding hydrogens is 569 g/mol. The molecule has 0 atom stereocenters. The van der Waals surface area contributed by atoms with Crippen molar-refractivity contribution in [3.8, 4) is 22.6 Å². The minimum Gasteiger partial charge on any atom is -0.486 e. The molecule has 0 aliphatic rings. The number of anilines is 1. The summed E-state index contributed by atoms with van der Waals surface area (Å²) in [5.74, 6) is 0.752. The van der Waals surface area contributed by atoms with Crippen LogP contribution in [0.25, 0.3) is 69.6 Å². The standard InChI is InChI=1S/C41H28N2OS/c42-40-33(27-10-2-1-3-11-27)24-37-39(32-15-7-9-17-36(32)45-37)41(40)44-25-26-18-21-29(22-19-26)43-34-16-8-6-14-31(34)38-30-13-5-4-12-28(30)20-23-35(38)43/h1-24H,25,42H2. The predicted molar refractivity (Wildman–Crippen MR) is 192 cm³/mol. The second kappa shape index (κ2) is 10.3. The van der Waals surface area contributed by atoms with Gasteiger partial charge in [-0.3, -0.25) is 0 Å². The van der Waals surface area contributed by atoms with E-state index in [-0.39, 0.29) is 0 Å². The number of nitrogen functional groups attached to an aromatic ring is 1. The average molecular weight is 597 g/mol. The summed E-state index contributed by atoms with van der Waals surface area (Å²) in [6.45, 7) is 0.416. The van der Waals surface area contributed by atoms with Crippen LogP contribution >= 0.6 is 11.3 Å². The summed E-state index contributed by atoms with van der Waals surface area (Å²) in [4.78, 5) is 0. The van der Waals surface area contributed by atoms with Crippen LogP contribution in [0.15, 0.2) is 146 Å². The van der Waals surface area contributed by atoms with E-state index in [1.54, 1.807) is 11.3 Å². The SMILES string of the molecule is Nc1c(-c2ccccc2)cc2sc3ccccc3c2c1OCc1ccc(-n2c3ccccc3c3c4ccccc4ccc32)cc1. The van der Waals surface area contributed by atoms with Crippen LogP contribution in [0.1, 0.15) is 5.56 Å². The number of rotatable bonds is 5. The Morgan fingerprint density at radius 1 is 0.578 bits per heavy atom. The molecule has 7 aromatic carbocycles. The van der Waals surface area contributed by atoms with E-state index in [9.17, 15) is 0 Å². The molecule has 3 nitrogen and oxygen atoms in total. The fourth-order valence-corrected chi connectivity index (χ4v) is 7.93. The monoisotopic (exact) mass is 596 g/mol. The smallest absolute Gasteiger partial charge is 0.152 e. The quantitative estimate of drug-likeness (QED) is 0.201. The number of benzene rings is 7. The number of hydrogen-bond donors (Lipinski definition) is 1. The van der Waals surface area contributed by atoms with Crippen molar-refractivity contribution >= 4 is 69.8 Å². The van der Waals surface area contributed by atoms with Crippen molar-refractivity contribution in [1.29, 1.82) is 0 Å². The summed E-state index contributed by atoms with van der Waals surface area (Å²) in [5.41, 5.74) is 14.3. The van der Waals surface area contributed by atoms with Gasteiger partial charge >= 0.3 is 0 Å². The fraction of sp³-hybridized carbons (Fsp3) is 0.0244. The zero-order valence-corrected chi connectivity index (χ0v) is 25.2. The van der Waals surface area contributed by atoms with Gasteiger partial charge in [-0.25, -0.2) is 0 Å². The Morgan fingerprint density at radius 2 is 1.29 bits per heavy atom. The van der Waals surface area contributed by atoms with E-state index in [0.29, 0.717) is 12.3 Å². The maximum Gasteiger partial charge on any atom is 0.152 e. The molecule has 214 valence electrons. The summed E-state index contributed by atoms with van der Waals surface area (Å²) >= 11 is 1.78. The molecular formula is C41H28N2OS. The number of aromatic nitrogens is 1. The van der Waals surface area contributed by atoms with Crippen molar-refractivity contribution in [3.63, 3.8) is 0 Å². The summed E-state index contributed by atoms with van der Waals surface area (Å²) in [5, 5.41) is 7.34. The third kappa shape index (κ3) is 4.10. The Balaban J connectivity index is 1.12. The van der Waals surface area contributed by atoms with Gasteiger partial charge in [0.2, 0.25) is 0 Å². The number of hydrogen-bond acceptors (Lipinski definition) is 3. The van der Waals surface area contributed by atoms with E-state index >= 15 is 0 Å². The second-order valence-electron chi connectivity index (χ2n) is 11.5. The van der Waals surface area contributed by atoms with Crippen molar-refractivity contribution in [2.75, 3.05) is 5.73 Å². The van der Waals surface area contributed by atoms with E-state index in [4.69, 9.17) is 10.5 Å². The maximum atomic E-state index is 6.91. The molecule has 0 fully saturated rings. The Kier molecular flexibility index (Phi) is 5.90. The minimum absolute atomic E-state index is 0.416. The molecule has 0 unspecified atom stereocenters. The van der Waals surface area contributed by atoms with Crippen LogP contribution in [-0.4, -0.2) is 4.57 Å². The maximum absolute atomic E-state index is 6.91. The molecule has 0 spiro atoms. The lowest BCUT2D eigenvalue weighted by Crippen LogP contribution is -2.01. The van der Waals surface area contributed by atoms with Gasteiger partial charge in [-0.1, -0.05) is 109 Å². The number of nitrogens with zero attached hydrogens (tertiary/aromatic N) is 1. The summed E-state index contributed by atoms with van der Waals surface area (Å²) in [7, 11) is 0. The number of para-hydroxylation sites is 1. The highest BCUT2D eigenvalue weighted by Gasteiger charge is 2.19. The molecule has 0 saturated heterocycles. The highest BCUT2D eigenvalue weighted by atomic mass is 32.1. The molecule has 0 saturated carbocycles. The number of thiophene rings is 1. The van der Waals surface area contributed by atoms with Gasteiger partial charge in [0.05, 0.1) is 16.7 Å². The number of nitrogens with two attached hydrogens (primary N) is 1. The van der Waals surface area contributed by atoms with Crippen LogP contribution in [0.2, 0.25) is 0 Å². The third-order valence-corrected chi connectivity index (χ3v) is 10.0. The molecule has 0 bridgehead atoms. The molecule has 0 amide bonds. The molecule has 2 N–H and O–H groups in total. The highest BCUT2D eigenvalue weighted by Crippen LogP contribution is 2.47. The van der Waals surface area contributed by atoms with Gasteiger partial charge in [0, 0.05) is 42.2 Å². The second-order valence-corrected chi connectivity index (χ2v) is 12.6. The Bertz CT molecular complexity index is 2540. The minimum atomic E-state index is 0.416. The molecule has 9 rings (SSSR count). The van der Waals surface area contributed by atoms with Crippen molar-refractivity contribution < 1.29 is 4.74 Å². The van der Waals surface area contributed by atoms with Gasteiger partial charge in [-0.15, -0.1) is 11.3 Å². The van der Waals surface area contributed by atoms with Crippen LogP contribution in [0.5, 0.6) is 5.75 Å². The van der Waals surface area contributed by atoms with Gasteiger partial charge in [0.25, 0.3) is 0 Å². The largest absolute Gasteiger partial charge is 0.486 e. The summed E-state index contributed by atoms with van der Waals surface area (Å²) in [6.07, 6.45) is 0. The topological polar surface area (TPSA) is 40.2 Å². The van der Waals surface area contributed by atoms with Gasteiger partial charge in [0.1, 0.15) is 6.61 Å². The normalized spacial score (nSPS) is 11.7. The van der Waals surface area contributed by atoms with Crippen LogP contribution in [0.4, 0.5) is 5.69 Å². The molecule has 0 radical (unpaired) electrons. The van der Waals surface area contributed by atoms with Gasteiger partial charge in [0.15, 0.2) is 5.75 Å². The van der Waals surface area contributed by atoms with Crippen molar-refractivity contribution in [3.05, 3.63) is 151 Å². The van der Waals surface area contributed by atoms with E-state index in [1.165, 1.54) is 47.4 Å². The first-order chi connectivity index (χ1) is 22.2. The van der Waals surface area contributed by atoms with E-state index in [0.717, 1.165) is 33.5 Å². The molecule has 0 aliphatic carbocycles. The van der Waals surface area contributed by atoms with Crippen LogP contribution < -0.4 is 10.5 Å². The zero-order chi connectivity index (χ0) is 29.9.